The lowest BCUT2D eigenvalue weighted by atomic mass is 10.2. The summed E-state index contributed by atoms with van der Waals surface area (Å²) in [6.07, 6.45) is 3.79. The fourth-order valence-electron chi connectivity index (χ4n) is 1.79. The van der Waals surface area contributed by atoms with Gasteiger partial charge in [-0.15, -0.1) is 0 Å². The maximum atomic E-state index is 11.7. The first-order valence-corrected chi connectivity index (χ1v) is 7.19. The predicted octanol–water partition coefficient (Wildman–Crippen LogP) is 2.15. The summed E-state index contributed by atoms with van der Waals surface area (Å²) in [7, 11) is 1.33. The second-order valence-electron chi connectivity index (χ2n) is 4.75. The quantitative estimate of drug-likeness (QED) is 0.794. The third kappa shape index (κ3) is 4.50. The summed E-state index contributed by atoms with van der Waals surface area (Å²) in [4.78, 5) is 31.3. The van der Waals surface area contributed by atoms with E-state index < -0.39 is 5.97 Å². The van der Waals surface area contributed by atoms with Gasteiger partial charge in [-0.25, -0.2) is 14.8 Å². The molecule has 0 bridgehead atoms. The maximum absolute atomic E-state index is 11.7. The highest BCUT2D eigenvalue weighted by Gasteiger charge is 2.07. The number of anilines is 2. The molecule has 7 heteroatoms. The molecule has 120 valence electrons. The Morgan fingerprint density at radius 1 is 1.09 bits per heavy atom. The van der Waals surface area contributed by atoms with Crippen LogP contribution in [0.5, 0.6) is 0 Å². The first kappa shape index (κ1) is 16.4. The zero-order chi connectivity index (χ0) is 16.7. The predicted molar refractivity (Wildman–Crippen MR) is 85.7 cm³/mol. The van der Waals surface area contributed by atoms with E-state index in [1.165, 1.54) is 19.5 Å². The summed E-state index contributed by atoms with van der Waals surface area (Å²) in [5.74, 6) is -0.223. The first-order valence-electron chi connectivity index (χ1n) is 7.19. The fourth-order valence-corrected chi connectivity index (χ4v) is 1.79. The van der Waals surface area contributed by atoms with Crippen LogP contribution in [-0.4, -0.2) is 35.5 Å². The number of hydrogen-bond donors (Lipinski definition) is 2. The van der Waals surface area contributed by atoms with Crippen molar-refractivity contribution in [3.05, 3.63) is 47.8 Å². The molecule has 1 amide bonds. The average molecular weight is 314 g/mol. The maximum Gasteiger partial charge on any atom is 0.337 e. The van der Waals surface area contributed by atoms with E-state index in [-0.39, 0.29) is 5.91 Å². The lowest BCUT2D eigenvalue weighted by Crippen LogP contribution is -2.24. The Morgan fingerprint density at radius 2 is 1.74 bits per heavy atom. The van der Waals surface area contributed by atoms with Crippen molar-refractivity contribution in [1.82, 2.24) is 15.3 Å². The van der Waals surface area contributed by atoms with E-state index >= 15 is 0 Å². The molecule has 0 atom stereocenters. The molecule has 0 unspecified atom stereocenters. The van der Waals surface area contributed by atoms with Crippen molar-refractivity contribution in [2.24, 2.45) is 0 Å². The van der Waals surface area contributed by atoms with Crippen LogP contribution in [0.25, 0.3) is 0 Å². The third-order valence-electron chi connectivity index (χ3n) is 3.01. The molecule has 1 aromatic carbocycles. The number of benzene rings is 1. The van der Waals surface area contributed by atoms with E-state index in [1.807, 2.05) is 6.92 Å². The summed E-state index contributed by atoms with van der Waals surface area (Å²) in [6, 6.07) is 6.72. The highest BCUT2D eigenvalue weighted by atomic mass is 16.5. The molecule has 2 rings (SSSR count). The molecule has 0 radical (unpaired) electrons. The van der Waals surface area contributed by atoms with Crippen molar-refractivity contribution in [3.63, 3.8) is 0 Å². The van der Waals surface area contributed by atoms with Gasteiger partial charge in [-0.05, 0) is 30.7 Å². The summed E-state index contributed by atoms with van der Waals surface area (Å²) in [6.45, 7) is 2.60. The third-order valence-corrected chi connectivity index (χ3v) is 3.01. The van der Waals surface area contributed by atoms with E-state index in [0.29, 0.717) is 23.6 Å². The monoisotopic (exact) mass is 314 g/mol. The van der Waals surface area contributed by atoms with Crippen molar-refractivity contribution >= 4 is 23.5 Å². The van der Waals surface area contributed by atoms with E-state index in [1.54, 1.807) is 24.3 Å². The summed E-state index contributed by atoms with van der Waals surface area (Å²) in [5.41, 5.74) is 1.59. The standard InChI is InChI=1S/C16H18N4O3/c1-3-8-17-14(21)12-9-18-16(19-10-12)20-13-6-4-11(5-7-13)15(22)23-2/h4-7,9-10H,3,8H2,1-2H3,(H,17,21)(H,18,19,20). The molecule has 0 spiro atoms. The van der Waals surface area contributed by atoms with Gasteiger partial charge in [0.25, 0.3) is 5.91 Å². The molecule has 0 saturated heterocycles. The largest absolute Gasteiger partial charge is 0.465 e. The van der Waals surface area contributed by atoms with Crippen LogP contribution >= 0.6 is 0 Å². The molecule has 0 aliphatic rings. The van der Waals surface area contributed by atoms with Crippen LogP contribution in [0.15, 0.2) is 36.7 Å². The Morgan fingerprint density at radius 3 is 2.30 bits per heavy atom. The van der Waals surface area contributed by atoms with E-state index in [9.17, 15) is 9.59 Å². The number of rotatable bonds is 6. The molecular formula is C16H18N4O3. The van der Waals surface area contributed by atoms with Crippen molar-refractivity contribution in [1.29, 1.82) is 0 Å². The normalized spacial score (nSPS) is 10.0. The Kier molecular flexibility index (Phi) is 5.62. The molecular weight excluding hydrogens is 296 g/mol. The van der Waals surface area contributed by atoms with Gasteiger partial charge in [0, 0.05) is 24.6 Å². The topological polar surface area (TPSA) is 93.2 Å². The number of carbonyl (C=O) groups excluding carboxylic acids is 2. The lowest BCUT2D eigenvalue weighted by Gasteiger charge is -2.07. The number of methoxy groups -OCH3 is 1. The van der Waals surface area contributed by atoms with Gasteiger partial charge in [0.2, 0.25) is 5.95 Å². The highest BCUT2D eigenvalue weighted by Crippen LogP contribution is 2.14. The van der Waals surface area contributed by atoms with Crippen molar-refractivity contribution in [2.75, 3.05) is 19.0 Å². The Hall–Kier alpha value is -2.96. The van der Waals surface area contributed by atoms with Crippen LogP contribution in [0.4, 0.5) is 11.6 Å². The molecule has 0 aliphatic heterocycles. The van der Waals surface area contributed by atoms with Crippen LogP contribution in [0.1, 0.15) is 34.1 Å². The van der Waals surface area contributed by atoms with Crippen molar-refractivity contribution in [3.8, 4) is 0 Å². The molecule has 23 heavy (non-hydrogen) atoms. The van der Waals surface area contributed by atoms with Gasteiger partial charge in [0.15, 0.2) is 0 Å². The minimum Gasteiger partial charge on any atom is -0.465 e. The lowest BCUT2D eigenvalue weighted by molar-refractivity contribution is 0.0600. The van der Waals surface area contributed by atoms with Gasteiger partial charge in [0.05, 0.1) is 18.2 Å². The molecule has 2 aromatic rings. The molecule has 0 saturated carbocycles. The van der Waals surface area contributed by atoms with Crippen LogP contribution in [-0.2, 0) is 4.74 Å². The van der Waals surface area contributed by atoms with Gasteiger partial charge in [0.1, 0.15) is 0 Å². The molecule has 1 heterocycles. The highest BCUT2D eigenvalue weighted by molar-refractivity contribution is 5.93. The van der Waals surface area contributed by atoms with Gasteiger partial charge in [-0.1, -0.05) is 6.92 Å². The average Bonchev–Trinajstić information content (AvgIpc) is 2.60. The Bertz CT molecular complexity index is 669. The van der Waals surface area contributed by atoms with Gasteiger partial charge >= 0.3 is 5.97 Å². The van der Waals surface area contributed by atoms with Gasteiger partial charge in [-0.3, -0.25) is 4.79 Å². The van der Waals surface area contributed by atoms with Crippen molar-refractivity contribution < 1.29 is 14.3 Å². The zero-order valence-electron chi connectivity index (χ0n) is 13.0. The number of nitrogens with one attached hydrogen (secondary N) is 2. The van der Waals surface area contributed by atoms with Crippen molar-refractivity contribution in [2.45, 2.75) is 13.3 Å². The molecule has 2 N–H and O–H groups in total. The zero-order valence-corrected chi connectivity index (χ0v) is 13.0. The molecule has 0 aliphatic carbocycles. The second-order valence-corrected chi connectivity index (χ2v) is 4.75. The number of nitrogens with zero attached hydrogens (tertiary/aromatic N) is 2. The fraction of sp³-hybridized carbons (Fsp3) is 0.250. The number of hydrogen-bond acceptors (Lipinski definition) is 6. The summed E-state index contributed by atoms with van der Waals surface area (Å²) >= 11 is 0. The number of aromatic nitrogens is 2. The van der Waals surface area contributed by atoms with Gasteiger partial charge in [-0.2, -0.15) is 0 Å². The molecule has 1 aromatic heterocycles. The number of ether oxygens (including phenoxy) is 1. The molecule has 7 nitrogen and oxygen atoms in total. The van der Waals surface area contributed by atoms with E-state index in [4.69, 9.17) is 0 Å². The SMILES string of the molecule is CCCNC(=O)c1cnc(Nc2ccc(C(=O)OC)cc2)nc1. The van der Waals surface area contributed by atoms with Crippen LogP contribution in [0.2, 0.25) is 0 Å². The van der Waals surface area contributed by atoms with Gasteiger partial charge < -0.3 is 15.4 Å². The smallest absolute Gasteiger partial charge is 0.337 e. The van der Waals surface area contributed by atoms with Crippen LogP contribution < -0.4 is 10.6 Å². The summed E-state index contributed by atoms with van der Waals surface area (Å²) in [5, 5.41) is 5.75. The van der Waals surface area contributed by atoms with E-state index in [0.717, 1.165) is 12.1 Å². The Balaban J connectivity index is 2.00. The number of carbonyl (C=O) groups is 2. The minimum absolute atomic E-state index is 0.194. The number of amides is 1. The Labute approximate surface area is 134 Å². The second kappa shape index (κ2) is 7.88. The van der Waals surface area contributed by atoms with Crippen LogP contribution in [0.3, 0.4) is 0 Å². The van der Waals surface area contributed by atoms with Crippen LogP contribution in [0, 0.1) is 0 Å². The van der Waals surface area contributed by atoms with E-state index in [2.05, 4.69) is 25.3 Å². The first-order chi connectivity index (χ1) is 11.1. The summed E-state index contributed by atoms with van der Waals surface area (Å²) < 4.78 is 4.64. The molecule has 0 fully saturated rings. The number of esters is 1. The minimum atomic E-state index is -0.393.